The molecule has 0 aromatic carbocycles. The summed E-state index contributed by atoms with van der Waals surface area (Å²) in [4.78, 5) is 0. The molecule has 17 heavy (non-hydrogen) atoms. The third-order valence-corrected chi connectivity index (χ3v) is 3.56. The largest absolute Gasteiger partial charge is 0.494 e. The molecular formula is C12H26N2O2Si. The minimum atomic E-state index is -1.75. The first-order valence-electron chi connectivity index (χ1n) is 6.52. The van der Waals surface area contributed by atoms with Gasteiger partial charge in [0.2, 0.25) is 0 Å². The first-order valence-corrected chi connectivity index (χ1v) is 8.28. The Morgan fingerprint density at radius 1 is 0.882 bits per heavy atom. The highest BCUT2D eigenvalue weighted by molar-refractivity contribution is 6.44. The van der Waals surface area contributed by atoms with Gasteiger partial charge in [0.15, 0.2) is 0 Å². The zero-order valence-corrected chi connectivity index (χ0v) is 13.0. The van der Waals surface area contributed by atoms with Gasteiger partial charge >= 0.3 is 9.28 Å². The van der Waals surface area contributed by atoms with Crippen LogP contribution >= 0.6 is 0 Å². The molecule has 5 heteroatoms. The van der Waals surface area contributed by atoms with Gasteiger partial charge in [-0.3, -0.25) is 0 Å². The van der Waals surface area contributed by atoms with E-state index in [1.165, 1.54) is 0 Å². The Hall–Kier alpha value is -0.843. The standard InChI is InChI=1S/C12H26N2O2Si/c1-6-9-11(4)13-15-17(8-3)16-14-12(5)10-7-2/h17H,6-10H2,1-5H3. The summed E-state index contributed by atoms with van der Waals surface area (Å²) in [6.45, 7) is 10.3. The van der Waals surface area contributed by atoms with Crippen molar-refractivity contribution in [3.8, 4) is 0 Å². The second kappa shape index (κ2) is 10.3. The summed E-state index contributed by atoms with van der Waals surface area (Å²) in [7, 11) is -1.75. The molecule has 4 nitrogen and oxygen atoms in total. The highest BCUT2D eigenvalue weighted by Gasteiger charge is 2.13. The van der Waals surface area contributed by atoms with Crippen LogP contribution in [0.5, 0.6) is 0 Å². The molecule has 0 aliphatic carbocycles. The Bertz CT molecular complexity index is 231. The molecule has 0 saturated heterocycles. The molecule has 0 radical (unpaired) electrons. The monoisotopic (exact) mass is 258 g/mol. The van der Waals surface area contributed by atoms with Gasteiger partial charge in [-0.1, -0.05) is 33.6 Å². The smallest absolute Gasteiger partial charge is 0.411 e. The average Bonchev–Trinajstić information content (AvgIpc) is 2.30. The number of hydrogen-bond acceptors (Lipinski definition) is 4. The molecule has 0 heterocycles. The number of hydrogen-bond donors (Lipinski definition) is 0. The van der Waals surface area contributed by atoms with Gasteiger partial charge in [0.05, 0.1) is 11.4 Å². The minimum Gasteiger partial charge on any atom is -0.411 e. The van der Waals surface area contributed by atoms with Crippen LogP contribution in [0.4, 0.5) is 0 Å². The van der Waals surface area contributed by atoms with Gasteiger partial charge in [-0.25, -0.2) is 0 Å². The van der Waals surface area contributed by atoms with Crippen molar-refractivity contribution in [3.05, 3.63) is 0 Å². The molecule has 0 rings (SSSR count). The predicted molar refractivity (Wildman–Crippen MR) is 75.8 cm³/mol. The van der Waals surface area contributed by atoms with Crippen molar-refractivity contribution in [3.63, 3.8) is 0 Å². The topological polar surface area (TPSA) is 43.2 Å². The van der Waals surface area contributed by atoms with Crippen molar-refractivity contribution >= 4 is 20.7 Å². The first kappa shape index (κ1) is 16.2. The zero-order valence-electron chi connectivity index (χ0n) is 11.8. The van der Waals surface area contributed by atoms with Gasteiger partial charge < -0.3 is 9.05 Å². The van der Waals surface area contributed by atoms with E-state index in [0.717, 1.165) is 43.2 Å². The fraction of sp³-hybridized carbons (Fsp3) is 0.833. The summed E-state index contributed by atoms with van der Waals surface area (Å²) in [5.74, 6) is 0. The van der Waals surface area contributed by atoms with E-state index in [1.807, 2.05) is 20.8 Å². The molecule has 0 saturated carbocycles. The van der Waals surface area contributed by atoms with Crippen LogP contribution in [0.3, 0.4) is 0 Å². The summed E-state index contributed by atoms with van der Waals surface area (Å²) in [5.41, 5.74) is 2.05. The maximum absolute atomic E-state index is 5.43. The van der Waals surface area contributed by atoms with E-state index in [2.05, 4.69) is 24.2 Å². The van der Waals surface area contributed by atoms with Crippen LogP contribution in [0.1, 0.15) is 60.3 Å². The molecule has 0 aliphatic rings. The summed E-state index contributed by atoms with van der Waals surface area (Å²) < 4.78 is 10.9. The lowest BCUT2D eigenvalue weighted by atomic mass is 10.2. The summed E-state index contributed by atoms with van der Waals surface area (Å²) in [6, 6.07) is 0.867. The van der Waals surface area contributed by atoms with E-state index in [4.69, 9.17) is 9.05 Å². The summed E-state index contributed by atoms with van der Waals surface area (Å²) in [5, 5.41) is 8.19. The quantitative estimate of drug-likeness (QED) is 0.360. The average molecular weight is 258 g/mol. The van der Waals surface area contributed by atoms with Gasteiger partial charge in [0.1, 0.15) is 0 Å². The highest BCUT2D eigenvalue weighted by Crippen LogP contribution is 2.02. The second-order valence-electron chi connectivity index (χ2n) is 4.20. The Balaban J connectivity index is 4.08. The van der Waals surface area contributed by atoms with Crippen LogP contribution in [-0.2, 0) is 9.05 Å². The van der Waals surface area contributed by atoms with Gasteiger partial charge in [0.25, 0.3) is 0 Å². The van der Waals surface area contributed by atoms with Crippen LogP contribution in [0.2, 0.25) is 6.04 Å². The Kier molecular flexibility index (Phi) is 9.81. The molecule has 0 spiro atoms. The van der Waals surface area contributed by atoms with Gasteiger partial charge in [0, 0.05) is 6.04 Å². The molecule has 0 unspecified atom stereocenters. The molecule has 0 aromatic rings. The highest BCUT2D eigenvalue weighted by atomic mass is 28.3. The van der Waals surface area contributed by atoms with Crippen molar-refractivity contribution in [2.75, 3.05) is 0 Å². The second-order valence-corrected chi connectivity index (χ2v) is 6.30. The molecule has 0 bridgehead atoms. The van der Waals surface area contributed by atoms with E-state index in [9.17, 15) is 0 Å². The minimum absolute atomic E-state index is 0.867. The van der Waals surface area contributed by atoms with Gasteiger partial charge in [-0.15, -0.1) is 10.3 Å². The van der Waals surface area contributed by atoms with E-state index in [-0.39, 0.29) is 0 Å². The first-order chi connectivity index (χ1) is 8.13. The maximum Gasteiger partial charge on any atom is 0.494 e. The molecule has 0 aromatic heterocycles. The third-order valence-electron chi connectivity index (χ3n) is 2.21. The molecule has 0 fully saturated rings. The van der Waals surface area contributed by atoms with Crippen molar-refractivity contribution < 1.29 is 9.05 Å². The van der Waals surface area contributed by atoms with E-state index < -0.39 is 9.28 Å². The lowest BCUT2D eigenvalue weighted by Crippen LogP contribution is -2.18. The number of nitrogens with zero attached hydrogens (tertiary/aromatic N) is 2. The fourth-order valence-corrected chi connectivity index (χ4v) is 2.21. The maximum atomic E-state index is 5.43. The lowest BCUT2D eigenvalue weighted by molar-refractivity contribution is 0.211. The van der Waals surface area contributed by atoms with E-state index in [0.29, 0.717) is 0 Å². The van der Waals surface area contributed by atoms with Crippen molar-refractivity contribution in [2.24, 2.45) is 10.3 Å². The molecular weight excluding hydrogens is 232 g/mol. The van der Waals surface area contributed by atoms with Crippen molar-refractivity contribution in [2.45, 2.75) is 66.3 Å². The Morgan fingerprint density at radius 3 is 1.59 bits per heavy atom. The molecule has 100 valence electrons. The van der Waals surface area contributed by atoms with Gasteiger partial charge in [-0.2, -0.15) is 0 Å². The normalized spacial score (nSPS) is 14.6. The van der Waals surface area contributed by atoms with Crippen LogP contribution in [0.25, 0.3) is 0 Å². The van der Waals surface area contributed by atoms with Crippen LogP contribution in [0, 0.1) is 0 Å². The summed E-state index contributed by atoms with van der Waals surface area (Å²) >= 11 is 0. The third kappa shape index (κ3) is 8.91. The molecule has 0 amide bonds. The molecule has 0 atom stereocenters. The molecule has 0 aliphatic heterocycles. The SMILES string of the molecule is CCCC(C)=NO[SiH](CC)ON=C(C)CCC. The predicted octanol–water partition coefficient (Wildman–Crippen LogP) is 3.61. The van der Waals surface area contributed by atoms with Crippen molar-refractivity contribution in [1.29, 1.82) is 0 Å². The van der Waals surface area contributed by atoms with Crippen molar-refractivity contribution in [1.82, 2.24) is 0 Å². The molecule has 0 N–H and O–H groups in total. The number of rotatable bonds is 9. The Morgan fingerprint density at radius 2 is 1.29 bits per heavy atom. The zero-order chi connectivity index (χ0) is 13.1. The van der Waals surface area contributed by atoms with E-state index in [1.54, 1.807) is 0 Å². The summed E-state index contributed by atoms with van der Waals surface area (Å²) in [6.07, 6.45) is 4.13. The Labute approximate surface area is 107 Å². The number of oxime groups is 2. The van der Waals surface area contributed by atoms with Crippen LogP contribution < -0.4 is 0 Å². The fourth-order valence-electron chi connectivity index (χ4n) is 1.28. The van der Waals surface area contributed by atoms with Crippen LogP contribution in [-0.4, -0.2) is 20.7 Å². The lowest BCUT2D eigenvalue weighted by Gasteiger charge is -2.10. The van der Waals surface area contributed by atoms with Gasteiger partial charge in [-0.05, 0) is 26.7 Å². The van der Waals surface area contributed by atoms with Crippen LogP contribution in [0.15, 0.2) is 10.3 Å². The van der Waals surface area contributed by atoms with E-state index >= 15 is 0 Å².